The molecule has 1 saturated carbocycles. The second kappa shape index (κ2) is 3.72. The van der Waals surface area contributed by atoms with Gasteiger partial charge in [-0.3, -0.25) is 4.79 Å². The minimum absolute atomic E-state index is 0.0162. The number of hydrogen-bond donors (Lipinski definition) is 0. The summed E-state index contributed by atoms with van der Waals surface area (Å²) in [6.07, 6.45) is 0.328. The molecule has 0 N–H and O–H groups in total. The summed E-state index contributed by atoms with van der Waals surface area (Å²) in [4.78, 5) is 25.4. The fraction of sp³-hybridized carbons (Fsp3) is 0.846. The lowest BCUT2D eigenvalue weighted by Crippen LogP contribution is -2.49. The van der Waals surface area contributed by atoms with E-state index in [1.54, 1.807) is 0 Å². The van der Waals surface area contributed by atoms with Gasteiger partial charge >= 0.3 is 6.09 Å². The minimum atomic E-state index is -0.548. The molecule has 0 aromatic rings. The van der Waals surface area contributed by atoms with E-state index in [4.69, 9.17) is 4.74 Å². The molecule has 0 aromatic carbocycles. The molecule has 0 aromatic heterocycles. The second-order valence-corrected chi connectivity index (χ2v) is 6.32. The summed E-state index contributed by atoms with van der Waals surface area (Å²) < 4.78 is 5.29. The van der Waals surface area contributed by atoms with Crippen LogP contribution in [0.15, 0.2) is 0 Å². The SMILES string of the molecule is C[C@@H]1[C@H](C)[C@@H]2C[C@H]1N(C(=O)OC(C)(C)C)C2=O. The molecule has 2 aliphatic rings. The Morgan fingerprint density at radius 1 is 1.29 bits per heavy atom. The first-order valence-corrected chi connectivity index (χ1v) is 6.28. The molecule has 4 atom stereocenters. The molecule has 96 valence electrons. The molecule has 4 nitrogen and oxygen atoms in total. The van der Waals surface area contributed by atoms with Crippen molar-refractivity contribution in [3.05, 3.63) is 0 Å². The zero-order valence-corrected chi connectivity index (χ0v) is 11.2. The van der Waals surface area contributed by atoms with Gasteiger partial charge in [-0.15, -0.1) is 0 Å². The maximum atomic E-state index is 12.1. The number of nitrogens with zero attached hydrogens (tertiary/aromatic N) is 1. The third-order valence-corrected chi connectivity index (χ3v) is 4.04. The summed E-state index contributed by atoms with van der Waals surface area (Å²) in [5.41, 5.74) is -0.548. The van der Waals surface area contributed by atoms with Crippen molar-refractivity contribution in [2.75, 3.05) is 0 Å². The zero-order valence-electron chi connectivity index (χ0n) is 11.2. The molecule has 0 radical (unpaired) electrons. The van der Waals surface area contributed by atoms with Crippen LogP contribution in [0.1, 0.15) is 41.0 Å². The summed E-state index contributed by atoms with van der Waals surface area (Å²) in [5.74, 6) is 0.730. The first kappa shape index (κ1) is 12.4. The molecule has 17 heavy (non-hydrogen) atoms. The second-order valence-electron chi connectivity index (χ2n) is 6.32. The average Bonchev–Trinajstić information content (AvgIpc) is 2.62. The Bertz CT molecular complexity index is 358. The van der Waals surface area contributed by atoms with E-state index in [1.165, 1.54) is 4.90 Å². The summed E-state index contributed by atoms with van der Waals surface area (Å²) in [6.45, 7) is 9.65. The van der Waals surface area contributed by atoms with Crippen LogP contribution in [0.4, 0.5) is 4.79 Å². The van der Waals surface area contributed by atoms with Gasteiger partial charge in [-0.25, -0.2) is 9.69 Å². The quantitative estimate of drug-likeness (QED) is 0.652. The number of imide groups is 1. The van der Waals surface area contributed by atoms with Gasteiger partial charge in [-0.05, 0) is 39.0 Å². The van der Waals surface area contributed by atoms with E-state index < -0.39 is 11.7 Å². The molecule has 4 heteroatoms. The van der Waals surface area contributed by atoms with Crippen LogP contribution >= 0.6 is 0 Å². The normalized spacial score (nSPS) is 36.5. The van der Waals surface area contributed by atoms with E-state index in [0.29, 0.717) is 11.8 Å². The van der Waals surface area contributed by atoms with Gasteiger partial charge in [0.1, 0.15) is 5.60 Å². The summed E-state index contributed by atoms with van der Waals surface area (Å²) >= 11 is 0. The van der Waals surface area contributed by atoms with E-state index >= 15 is 0 Å². The highest BCUT2D eigenvalue weighted by molar-refractivity contribution is 5.96. The number of carbonyl (C=O) groups is 2. The van der Waals surface area contributed by atoms with Crippen LogP contribution < -0.4 is 0 Å². The molecule has 1 aliphatic carbocycles. The Labute approximate surface area is 102 Å². The molecule has 2 rings (SSSR count). The number of hydrogen-bond acceptors (Lipinski definition) is 3. The summed E-state index contributed by atoms with van der Waals surface area (Å²) in [6, 6.07) is 0.0392. The molecule has 1 aliphatic heterocycles. The predicted molar refractivity (Wildman–Crippen MR) is 63.3 cm³/mol. The molecular weight excluding hydrogens is 218 g/mol. The number of ether oxygens (including phenoxy) is 1. The van der Waals surface area contributed by atoms with Crippen molar-refractivity contribution in [2.45, 2.75) is 52.7 Å². The fourth-order valence-corrected chi connectivity index (χ4v) is 2.95. The van der Waals surface area contributed by atoms with Gasteiger partial charge in [0.25, 0.3) is 0 Å². The van der Waals surface area contributed by atoms with Gasteiger partial charge in [0.15, 0.2) is 0 Å². The van der Waals surface area contributed by atoms with Gasteiger partial charge in [0, 0.05) is 12.0 Å². The Kier molecular flexibility index (Phi) is 2.71. The first-order chi connectivity index (χ1) is 7.72. The highest BCUT2D eigenvalue weighted by Gasteiger charge is 2.56. The van der Waals surface area contributed by atoms with E-state index in [0.717, 1.165) is 6.42 Å². The molecule has 1 saturated heterocycles. The van der Waals surface area contributed by atoms with Crippen LogP contribution in [0.2, 0.25) is 0 Å². The van der Waals surface area contributed by atoms with Crippen LogP contribution in [0.25, 0.3) is 0 Å². The van der Waals surface area contributed by atoms with Crippen molar-refractivity contribution in [3.8, 4) is 0 Å². The number of fused-ring (bicyclic) bond motifs is 2. The summed E-state index contributed by atoms with van der Waals surface area (Å²) in [7, 11) is 0. The largest absolute Gasteiger partial charge is 0.443 e. The van der Waals surface area contributed by atoms with E-state index in [2.05, 4.69) is 13.8 Å². The van der Waals surface area contributed by atoms with Crippen LogP contribution in [0, 0.1) is 17.8 Å². The Balaban J connectivity index is 2.14. The van der Waals surface area contributed by atoms with Crippen molar-refractivity contribution in [3.63, 3.8) is 0 Å². The molecule has 0 spiro atoms. The number of likely N-dealkylation sites (tertiary alicyclic amines) is 1. The van der Waals surface area contributed by atoms with Crippen molar-refractivity contribution in [1.82, 2.24) is 4.90 Å². The van der Waals surface area contributed by atoms with Crippen molar-refractivity contribution in [2.24, 2.45) is 17.8 Å². The van der Waals surface area contributed by atoms with E-state index in [-0.39, 0.29) is 17.9 Å². The van der Waals surface area contributed by atoms with Crippen LogP contribution in [-0.2, 0) is 9.53 Å². The lowest BCUT2D eigenvalue weighted by molar-refractivity contribution is -0.136. The van der Waals surface area contributed by atoms with Crippen LogP contribution in [-0.4, -0.2) is 28.5 Å². The van der Waals surface area contributed by atoms with Crippen LogP contribution in [0.5, 0.6) is 0 Å². The predicted octanol–water partition coefficient (Wildman–Crippen LogP) is 2.42. The van der Waals surface area contributed by atoms with E-state index in [9.17, 15) is 9.59 Å². The third kappa shape index (κ3) is 1.94. The highest BCUT2D eigenvalue weighted by Crippen LogP contribution is 2.47. The lowest BCUT2D eigenvalue weighted by Gasteiger charge is -2.34. The Morgan fingerprint density at radius 2 is 1.88 bits per heavy atom. The number of rotatable bonds is 0. The molecule has 2 fully saturated rings. The van der Waals surface area contributed by atoms with Crippen LogP contribution in [0.3, 0.4) is 0 Å². The number of carbonyl (C=O) groups excluding carboxylic acids is 2. The Morgan fingerprint density at radius 3 is 2.35 bits per heavy atom. The molecule has 2 amide bonds. The molecule has 2 bridgehead atoms. The molecule has 0 unspecified atom stereocenters. The zero-order chi connectivity index (χ0) is 13.0. The maximum absolute atomic E-state index is 12.1. The van der Waals surface area contributed by atoms with Gasteiger partial charge in [0.2, 0.25) is 5.91 Å². The van der Waals surface area contributed by atoms with Gasteiger partial charge in [-0.2, -0.15) is 0 Å². The van der Waals surface area contributed by atoms with Crippen molar-refractivity contribution < 1.29 is 14.3 Å². The maximum Gasteiger partial charge on any atom is 0.417 e. The Hall–Kier alpha value is -1.06. The minimum Gasteiger partial charge on any atom is -0.443 e. The smallest absolute Gasteiger partial charge is 0.417 e. The van der Waals surface area contributed by atoms with Gasteiger partial charge in [-0.1, -0.05) is 13.8 Å². The summed E-state index contributed by atoms with van der Waals surface area (Å²) in [5, 5.41) is 0. The van der Waals surface area contributed by atoms with Crippen molar-refractivity contribution >= 4 is 12.0 Å². The monoisotopic (exact) mass is 239 g/mol. The molecular formula is C13H21NO3. The topological polar surface area (TPSA) is 46.6 Å². The standard InChI is InChI=1S/C13H21NO3/c1-7-8(2)10-6-9(7)11(15)14(10)12(16)17-13(3,4)5/h7-10H,6H2,1-5H3/t7-,8+,9-,10+/m0/s1. The number of piperidine rings is 1. The average molecular weight is 239 g/mol. The number of amides is 2. The molecule has 1 heterocycles. The lowest BCUT2D eigenvalue weighted by atomic mass is 9.88. The van der Waals surface area contributed by atoms with E-state index in [1.807, 2.05) is 20.8 Å². The van der Waals surface area contributed by atoms with Gasteiger partial charge < -0.3 is 4.74 Å². The third-order valence-electron chi connectivity index (χ3n) is 4.04. The van der Waals surface area contributed by atoms with Gasteiger partial charge in [0.05, 0.1) is 0 Å². The first-order valence-electron chi connectivity index (χ1n) is 6.28. The van der Waals surface area contributed by atoms with Crippen molar-refractivity contribution in [1.29, 1.82) is 0 Å². The fourth-order valence-electron chi connectivity index (χ4n) is 2.95. The highest BCUT2D eigenvalue weighted by atomic mass is 16.6.